The molecule has 0 bridgehead atoms. The summed E-state index contributed by atoms with van der Waals surface area (Å²) < 4.78 is 38.1. The van der Waals surface area contributed by atoms with Gasteiger partial charge in [-0.2, -0.15) is 13.2 Å². The molecule has 0 atom stereocenters. The molecule has 0 fully saturated rings. The molecular weight excluding hydrogens is 325 g/mol. The lowest BCUT2D eigenvalue weighted by atomic mass is 10.0. The van der Waals surface area contributed by atoms with E-state index in [1.807, 2.05) is 12.1 Å². The Morgan fingerprint density at radius 3 is 2.61 bits per heavy atom. The highest BCUT2D eigenvalue weighted by molar-refractivity contribution is 7.99. The molecule has 8 heteroatoms. The number of thioether (sulfide) groups is 1. The lowest BCUT2D eigenvalue weighted by Gasteiger charge is -2.09. The summed E-state index contributed by atoms with van der Waals surface area (Å²) in [6.07, 6.45) is -2.17. The highest BCUT2D eigenvalue weighted by Gasteiger charge is 2.33. The summed E-state index contributed by atoms with van der Waals surface area (Å²) in [6, 6.07) is 4.70. The molecule has 0 saturated carbocycles. The van der Waals surface area contributed by atoms with E-state index in [2.05, 4.69) is 28.8 Å². The highest BCUT2D eigenvalue weighted by atomic mass is 32.2. The number of hydrogen-bond donors (Lipinski definition) is 1. The van der Waals surface area contributed by atoms with Crippen LogP contribution in [0.3, 0.4) is 0 Å². The van der Waals surface area contributed by atoms with Crippen LogP contribution in [0.1, 0.15) is 36.7 Å². The van der Waals surface area contributed by atoms with Crippen molar-refractivity contribution in [1.29, 1.82) is 0 Å². The minimum atomic E-state index is -4.53. The van der Waals surface area contributed by atoms with Crippen LogP contribution in [0.2, 0.25) is 0 Å². The van der Waals surface area contributed by atoms with Crippen LogP contribution >= 0.6 is 11.8 Å². The molecule has 0 aliphatic rings. The molecule has 0 aliphatic carbocycles. The number of halogens is 3. The predicted molar refractivity (Wildman–Crippen MR) is 84.2 cm³/mol. The van der Waals surface area contributed by atoms with E-state index >= 15 is 0 Å². The monoisotopic (exact) mass is 342 g/mol. The SMILES string of the molecule is CC(C)c1ccnc(CCSc2nc(N)cc(C(F)(F)F)n2)c1. The van der Waals surface area contributed by atoms with E-state index in [0.717, 1.165) is 23.5 Å². The van der Waals surface area contributed by atoms with E-state index in [0.29, 0.717) is 18.1 Å². The van der Waals surface area contributed by atoms with Gasteiger partial charge in [-0.1, -0.05) is 25.6 Å². The van der Waals surface area contributed by atoms with Crippen LogP contribution in [-0.4, -0.2) is 20.7 Å². The van der Waals surface area contributed by atoms with Gasteiger partial charge in [0.15, 0.2) is 10.9 Å². The molecule has 0 spiro atoms. The third-order valence-corrected chi connectivity index (χ3v) is 3.96. The molecule has 0 amide bonds. The molecule has 2 aromatic rings. The smallest absolute Gasteiger partial charge is 0.384 e. The highest BCUT2D eigenvalue weighted by Crippen LogP contribution is 2.30. The molecule has 2 heterocycles. The Balaban J connectivity index is 2.02. The zero-order valence-electron chi connectivity index (χ0n) is 12.8. The fourth-order valence-electron chi connectivity index (χ4n) is 1.89. The Morgan fingerprint density at radius 2 is 1.96 bits per heavy atom. The van der Waals surface area contributed by atoms with Crippen molar-refractivity contribution in [2.24, 2.45) is 0 Å². The number of nitrogens with two attached hydrogens (primary N) is 1. The minimum absolute atomic E-state index is 0.0253. The van der Waals surface area contributed by atoms with E-state index in [9.17, 15) is 13.2 Å². The minimum Gasteiger partial charge on any atom is -0.384 e. The molecule has 23 heavy (non-hydrogen) atoms. The Labute approximate surface area is 136 Å². The average molecular weight is 342 g/mol. The lowest BCUT2D eigenvalue weighted by molar-refractivity contribution is -0.141. The molecule has 0 unspecified atom stereocenters. The van der Waals surface area contributed by atoms with Crippen molar-refractivity contribution >= 4 is 17.6 Å². The average Bonchev–Trinajstić information content (AvgIpc) is 2.46. The number of rotatable bonds is 5. The number of nitrogens with zero attached hydrogens (tertiary/aromatic N) is 3. The Hall–Kier alpha value is -1.83. The molecule has 2 N–H and O–H groups in total. The first-order valence-electron chi connectivity index (χ1n) is 7.05. The summed E-state index contributed by atoms with van der Waals surface area (Å²) in [5.41, 5.74) is 6.47. The standard InChI is InChI=1S/C15H17F3N4S/c1-9(2)10-3-5-20-11(7-10)4-6-23-14-21-12(15(16,17)18)8-13(19)22-14/h3,5,7-9H,4,6H2,1-2H3,(H2,19,21,22). The maximum atomic E-state index is 12.7. The van der Waals surface area contributed by atoms with E-state index in [1.54, 1.807) is 6.20 Å². The van der Waals surface area contributed by atoms with Gasteiger partial charge in [0, 0.05) is 23.7 Å². The summed E-state index contributed by atoms with van der Waals surface area (Å²) in [7, 11) is 0. The Morgan fingerprint density at radius 1 is 1.22 bits per heavy atom. The topological polar surface area (TPSA) is 64.7 Å². The number of hydrogen-bond acceptors (Lipinski definition) is 5. The second-order valence-electron chi connectivity index (χ2n) is 5.29. The summed E-state index contributed by atoms with van der Waals surface area (Å²) in [4.78, 5) is 11.6. The van der Waals surface area contributed by atoms with Crippen molar-refractivity contribution in [1.82, 2.24) is 15.0 Å². The van der Waals surface area contributed by atoms with E-state index in [-0.39, 0.29) is 11.0 Å². The third kappa shape index (κ3) is 5.09. The molecule has 2 rings (SSSR count). The van der Waals surface area contributed by atoms with E-state index in [4.69, 9.17) is 5.73 Å². The van der Waals surface area contributed by atoms with Crippen LogP contribution in [-0.2, 0) is 12.6 Å². The van der Waals surface area contributed by atoms with Gasteiger partial charge in [0.25, 0.3) is 0 Å². The van der Waals surface area contributed by atoms with Gasteiger partial charge in [-0.3, -0.25) is 4.98 Å². The Bertz CT molecular complexity index is 674. The fourth-order valence-corrected chi connectivity index (χ4v) is 2.72. The van der Waals surface area contributed by atoms with Crippen LogP contribution in [0.5, 0.6) is 0 Å². The number of nitrogen functional groups attached to an aromatic ring is 1. The second-order valence-corrected chi connectivity index (χ2v) is 6.35. The number of pyridine rings is 1. The summed E-state index contributed by atoms with van der Waals surface area (Å²) in [6.45, 7) is 4.18. The predicted octanol–water partition coefficient (Wildman–Crippen LogP) is 3.93. The zero-order chi connectivity index (χ0) is 17.0. The van der Waals surface area contributed by atoms with E-state index < -0.39 is 11.9 Å². The first-order valence-corrected chi connectivity index (χ1v) is 8.03. The fraction of sp³-hybridized carbons (Fsp3) is 0.400. The molecule has 0 radical (unpaired) electrons. The molecular formula is C15H17F3N4S. The summed E-state index contributed by atoms with van der Waals surface area (Å²) in [5, 5.41) is 0.0253. The quantitative estimate of drug-likeness (QED) is 0.659. The lowest BCUT2D eigenvalue weighted by Crippen LogP contribution is -2.11. The van der Waals surface area contributed by atoms with Gasteiger partial charge in [0.1, 0.15) is 5.82 Å². The van der Waals surface area contributed by atoms with Crippen LogP contribution in [0.4, 0.5) is 19.0 Å². The van der Waals surface area contributed by atoms with Crippen molar-refractivity contribution in [3.63, 3.8) is 0 Å². The number of alkyl halides is 3. The second kappa shape index (κ2) is 7.16. The van der Waals surface area contributed by atoms with Gasteiger partial charge in [0.2, 0.25) is 0 Å². The molecule has 124 valence electrons. The van der Waals surface area contributed by atoms with Gasteiger partial charge < -0.3 is 5.73 Å². The van der Waals surface area contributed by atoms with Crippen molar-refractivity contribution in [2.75, 3.05) is 11.5 Å². The third-order valence-electron chi connectivity index (χ3n) is 3.11. The van der Waals surface area contributed by atoms with Gasteiger partial charge >= 0.3 is 6.18 Å². The van der Waals surface area contributed by atoms with Crippen LogP contribution < -0.4 is 5.73 Å². The number of aromatic nitrogens is 3. The van der Waals surface area contributed by atoms with Gasteiger partial charge in [0.05, 0.1) is 0 Å². The first kappa shape index (κ1) is 17.5. The molecule has 0 aromatic carbocycles. The van der Waals surface area contributed by atoms with Crippen molar-refractivity contribution in [3.05, 3.63) is 41.3 Å². The number of aryl methyl sites for hydroxylation is 1. The molecule has 0 aliphatic heterocycles. The number of anilines is 1. The maximum absolute atomic E-state index is 12.7. The van der Waals surface area contributed by atoms with E-state index in [1.165, 1.54) is 5.56 Å². The molecule has 2 aromatic heterocycles. The summed E-state index contributed by atoms with van der Waals surface area (Å²) >= 11 is 1.13. The normalized spacial score (nSPS) is 11.9. The first-order chi connectivity index (χ1) is 10.8. The molecule has 4 nitrogen and oxygen atoms in total. The molecule has 0 saturated heterocycles. The van der Waals surface area contributed by atoms with Gasteiger partial charge in [-0.05, 0) is 30.0 Å². The van der Waals surface area contributed by atoms with Gasteiger partial charge in [-0.15, -0.1) is 0 Å². The van der Waals surface area contributed by atoms with Gasteiger partial charge in [-0.25, -0.2) is 9.97 Å². The zero-order valence-corrected chi connectivity index (χ0v) is 13.6. The van der Waals surface area contributed by atoms with Crippen molar-refractivity contribution < 1.29 is 13.2 Å². The van der Waals surface area contributed by atoms with Crippen LogP contribution in [0.25, 0.3) is 0 Å². The maximum Gasteiger partial charge on any atom is 0.433 e. The van der Waals surface area contributed by atoms with Crippen LogP contribution in [0.15, 0.2) is 29.6 Å². The van der Waals surface area contributed by atoms with Crippen molar-refractivity contribution in [2.45, 2.75) is 37.5 Å². The summed E-state index contributed by atoms with van der Waals surface area (Å²) in [5.74, 6) is 0.737. The largest absolute Gasteiger partial charge is 0.433 e. The van der Waals surface area contributed by atoms with Crippen LogP contribution in [0, 0.1) is 0 Å². The Kier molecular flexibility index (Phi) is 5.46. The van der Waals surface area contributed by atoms with Crippen molar-refractivity contribution in [3.8, 4) is 0 Å².